The van der Waals surface area contributed by atoms with E-state index in [-0.39, 0.29) is 34.6 Å². The van der Waals surface area contributed by atoms with Gasteiger partial charge < -0.3 is 14.4 Å². The first-order valence-electron chi connectivity index (χ1n) is 12.5. The Kier molecular flexibility index (Phi) is 8.67. The molecule has 10 nitrogen and oxygen atoms in total. The maximum absolute atomic E-state index is 13.7. The molecule has 0 bridgehead atoms. The minimum atomic E-state index is -4.08. The van der Waals surface area contributed by atoms with Crippen molar-refractivity contribution in [2.75, 3.05) is 26.7 Å². The molecule has 40 heavy (non-hydrogen) atoms. The Bertz CT molecular complexity index is 1650. The number of nitrogens with zero attached hydrogens (tertiary/aromatic N) is 4. The van der Waals surface area contributed by atoms with Crippen LogP contribution in [0.25, 0.3) is 0 Å². The highest BCUT2D eigenvalue weighted by Gasteiger charge is 2.39. The van der Waals surface area contributed by atoms with Gasteiger partial charge in [0, 0.05) is 49.9 Å². The van der Waals surface area contributed by atoms with Crippen molar-refractivity contribution in [3.8, 4) is 17.6 Å². The standard InChI is InChI=1S/C27H31FN4O6S2/c1-19-14-32(20(2)17-33)39(34,35)26-12-9-22(6-5-21-7-10-23(28)11-8-21)13-24(26)38-25(19)15-31(4)40(36,37)27-16-30(3)18-29-27/h7-13,16,18-20,25,33H,14-15,17H2,1-4H3/t19-,20+,25+/m0/s1. The van der Waals surface area contributed by atoms with E-state index in [1.807, 2.05) is 0 Å². The molecule has 1 N–H and O–H groups in total. The number of ether oxygens (including phenoxy) is 1. The zero-order chi connectivity index (χ0) is 29.2. The van der Waals surface area contributed by atoms with Crippen molar-refractivity contribution in [2.45, 2.75) is 35.9 Å². The van der Waals surface area contributed by atoms with Crippen LogP contribution in [0.1, 0.15) is 25.0 Å². The van der Waals surface area contributed by atoms with Crippen LogP contribution in [-0.2, 0) is 27.1 Å². The van der Waals surface area contributed by atoms with Gasteiger partial charge in [0.1, 0.15) is 22.6 Å². The minimum absolute atomic E-state index is 0.00222. The lowest BCUT2D eigenvalue weighted by Crippen LogP contribution is -2.50. The van der Waals surface area contributed by atoms with E-state index in [4.69, 9.17) is 4.74 Å². The van der Waals surface area contributed by atoms with Crippen molar-refractivity contribution in [1.29, 1.82) is 0 Å². The van der Waals surface area contributed by atoms with E-state index in [0.717, 1.165) is 4.31 Å². The van der Waals surface area contributed by atoms with Crippen LogP contribution in [-0.4, -0.2) is 79.0 Å². The molecule has 1 aliphatic heterocycles. The molecule has 3 atom stereocenters. The molecule has 0 amide bonds. The first-order chi connectivity index (χ1) is 18.8. The molecule has 0 radical (unpaired) electrons. The van der Waals surface area contributed by atoms with E-state index in [1.165, 1.54) is 70.9 Å². The third kappa shape index (κ3) is 6.21. The maximum Gasteiger partial charge on any atom is 0.261 e. The molecule has 1 aliphatic rings. The topological polar surface area (TPSA) is 122 Å². The second kappa shape index (κ2) is 11.7. The van der Waals surface area contributed by atoms with Crippen LogP contribution in [0.3, 0.4) is 0 Å². The number of rotatable bonds is 6. The monoisotopic (exact) mass is 590 g/mol. The highest BCUT2D eigenvalue weighted by atomic mass is 32.2. The van der Waals surface area contributed by atoms with Crippen molar-refractivity contribution >= 4 is 20.0 Å². The fourth-order valence-corrected chi connectivity index (χ4v) is 7.20. The lowest BCUT2D eigenvalue weighted by Gasteiger charge is -2.37. The molecule has 3 aromatic rings. The number of imidazole rings is 1. The summed E-state index contributed by atoms with van der Waals surface area (Å²) >= 11 is 0. The van der Waals surface area contributed by atoms with Crippen molar-refractivity contribution in [1.82, 2.24) is 18.2 Å². The summed E-state index contributed by atoms with van der Waals surface area (Å²) in [6.07, 6.45) is 2.03. The van der Waals surface area contributed by atoms with Gasteiger partial charge in [-0.2, -0.15) is 8.61 Å². The maximum atomic E-state index is 13.7. The van der Waals surface area contributed by atoms with Gasteiger partial charge in [0.2, 0.25) is 10.0 Å². The van der Waals surface area contributed by atoms with Crippen molar-refractivity contribution < 1.29 is 31.1 Å². The fourth-order valence-electron chi connectivity index (χ4n) is 4.23. The van der Waals surface area contributed by atoms with Crippen LogP contribution in [0, 0.1) is 23.6 Å². The zero-order valence-corrected chi connectivity index (χ0v) is 24.2. The highest BCUT2D eigenvalue weighted by molar-refractivity contribution is 7.89. The Morgan fingerprint density at radius 1 is 1.20 bits per heavy atom. The second-order valence-corrected chi connectivity index (χ2v) is 13.7. The third-order valence-electron chi connectivity index (χ3n) is 6.66. The molecule has 2 heterocycles. The molecule has 0 saturated carbocycles. The summed E-state index contributed by atoms with van der Waals surface area (Å²) in [6.45, 7) is 2.87. The van der Waals surface area contributed by atoms with Gasteiger partial charge in [-0.25, -0.2) is 26.2 Å². The Labute approximate surface area is 234 Å². The number of likely N-dealkylation sites (N-methyl/N-ethyl adjacent to an activating group) is 1. The fraction of sp³-hybridized carbons (Fsp3) is 0.370. The van der Waals surface area contributed by atoms with E-state index in [9.17, 15) is 26.3 Å². The zero-order valence-electron chi connectivity index (χ0n) is 22.5. The Morgan fingerprint density at radius 2 is 1.85 bits per heavy atom. The predicted molar refractivity (Wildman–Crippen MR) is 146 cm³/mol. The van der Waals surface area contributed by atoms with Crippen LogP contribution < -0.4 is 4.74 Å². The molecule has 13 heteroatoms. The van der Waals surface area contributed by atoms with Gasteiger partial charge in [0.05, 0.1) is 19.5 Å². The summed E-state index contributed by atoms with van der Waals surface area (Å²) in [5, 5.41) is 9.71. The molecule has 0 fully saturated rings. The molecule has 214 valence electrons. The van der Waals surface area contributed by atoms with Crippen LogP contribution in [0.4, 0.5) is 4.39 Å². The first-order valence-corrected chi connectivity index (χ1v) is 15.4. The van der Waals surface area contributed by atoms with Crippen molar-refractivity contribution in [3.63, 3.8) is 0 Å². The summed E-state index contributed by atoms with van der Waals surface area (Å²) < 4.78 is 77.0. The predicted octanol–water partition coefficient (Wildman–Crippen LogP) is 2.05. The molecule has 0 spiro atoms. The second-order valence-electron chi connectivity index (χ2n) is 9.82. The van der Waals surface area contributed by atoms with Crippen LogP contribution >= 0.6 is 0 Å². The lowest BCUT2D eigenvalue weighted by atomic mass is 10.0. The summed E-state index contributed by atoms with van der Waals surface area (Å²) in [6, 6.07) is 9.32. The average molecular weight is 591 g/mol. The number of aryl methyl sites for hydroxylation is 1. The first kappa shape index (κ1) is 29.7. The number of fused-ring (bicyclic) bond motifs is 1. The van der Waals surface area contributed by atoms with Gasteiger partial charge in [-0.3, -0.25) is 0 Å². The summed E-state index contributed by atoms with van der Waals surface area (Å²) in [5.74, 6) is 5.01. The average Bonchev–Trinajstić information content (AvgIpc) is 3.36. The van der Waals surface area contributed by atoms with E-state index < -0.39 is 44.7 Å². The Balaban J connectivity index is 1.74. The van der Waals surface area contributed by atoms with Crippen molar-refractivity contribution in [3.05, 3.63) is 71.9 Å². The number of halogens is 1. The number of hydrogen-bond acceptors (Lipinski definition) is 7. The van der Waals surface area contributed by atoms with E-state index >= 15 is 0 Å². The molecular formula is C27H31FN4O6S2. The molecule has 0 unspecified atom stereocenters. The largest absolute Gasteiger partial charge is 0.487 e. The van der Waals surface area contributed by atoms with Gasteiger partial charge in [0.15, 0.2) is 5.03 Å². The van der Waals surface area contributed by atoms with Crippen LogP contribution in [0.15, 0.2) is 64.9 Å². The lowest BCUT2D eigenvalue weighted by molar-refractivity contribution is 0.0904. The SMILES string of the molecule is C[C@H](CO)N1C[C@H](C)[C@@H](CN(C)S(=O)(=O)c2cn(C)cn2)Oc2cc(C#Cc3ccc(F)cc3)ccc2S1(=O)=O. The molecule has 4 rings (SSSR count). The van der Waals surface area contributed by atoms with Gasteiger partial charge in [0.25, 0.3) is 10.0 Å². The van der Waals surface area contributed by atoms with Gasteiger partial charge in [-0.1, -0.05) is 18.8 Å². The Hall–Kier alpha value is -3.28. The van der Waals surface area contributed by atoms with Gasteiger partial charge >= 0.3 is 0 Å². The molecule has 0 saturated heterocycles. The van der Waals surface area contributed by atoms with Crippen molar-refractivity contribution in [2.24, 2.45) is 13.0 Å². The van der Waals surface area contributed by atoms with Gasteiger partial charge in [-0.15, -0.1) is 0 Å². The summed E-state index contributed by atoms with van der Waals surface area (Å²) in [5.41, 5.74) is 1.01. The highest BCUT2D eigenvalue weighted by Crippen LogP contribution is 2.34. The minimum Gasteiger partial charge on any atom is -0.487 e. The number of hydrogen-bond donors (Lipinski definition) is 1. The number of aliphatic hydroxyl groups is 1. The molecule has 0 aliphatic carbocycles. The number of aliphatic hydroxyl groups excluding tert-OH is 1. The quantitative estimate of drug-likeness (QED) is 0.436. The van der Waals surface area contributed by atoms with E-state index in [2.05, 4.69) is 16.8 Å². The number of sulfonamides is 2. The Morgan fingerprint density at radius 3 is 2.48 bits per heavy atom. The summed E-state index contributed by atoms with van der Waals surface area (Å²) in [7, 11) is -4.95. The van der Waals surface area contributed by atoms with E-state index in [1.54, 1.807) is 20.9 Å². The van der Waals surface area contributed by atoms with Gasteiger partial charge in [-0.05, 0) is 49.4 Å². The van der Waals surface area contributed by atoms with E-state index in [0.29, 0.717) is 11.1 Å². The third-order valence-corrected chi connectivity index (χ3v) is 10.4. The molecule has 2 aromatic carbocycles. The normalized spacial score (nSPS) is 20.0. The van der Waals surface area contributed by atoms with Crippen LogP contribution in [0.2, 0.25) is 0 Å². The number of aromatic nitrogens is 2. The van der Waals surface area contributed by atoms with Crippen LogP contribution in [0.5, 0.6) is 5.75 Å². The molecule has 1 aromatic heterocycles. The summed E-state index contributed by atoms with van der Waals surface area (Å²) in [4.78, 5) is 3.84. The number of benzene rings is 2. The smallest absolute Gasteiger partial charge is 0.261 e. The molecular weight excluding hydrogens is 559 g/mol.